The number of benzene rings is 2. The number of hydrogen-bond acceptors (Lipinski definition) is 11. The standard InChI is InChI=1S/C28H34FN5O5S2.C3H6O2/c1-30-15-22-16-34(27(38)39-22)21-7-8-25(24(29)14-21)33-11-9-32(10-12-33)20-5-3-19(4-6-20)13-23(18-35)41-28(40)31(2)17-26(36)37;1-2-5-3-4/h3-8,14,18,22-23,30H,9-13,15-17H2,1-2H3,(H,36,37);3H,2H2,1H3. The smallest absolute Gasteiger partial charge is 0.414 e. The van der Waals surface area contributed by atoms with Crippen LogP contribution in [0.15, 0.2) is 42.5 Å². The highest BCUT2D eigenvalue weighted by Gasteiger charge is 2.32. The predicted octanol–water partition coefficient (Wildman–Crippen LogP) is 3.02. The third-order valence-corrected chi connectivity index (χ3v) is 8.92. The van der Waals surface area contributed by atoms with Crippen molar-refractivity contribution in [2.75, 3.05) is 81.2 Å². The van der Waals surface area contributed by atoms with E-state index in [9.17, 15) is 19.2 Å². The lowest BCUT2D eigenvalue weighted by molar-refractivity contribution is -0.137. The van der Waals surface area contributed by atoms with E-state index in [4.69, 9.17) is 22.1 Å². The minimum atomic E-state index is -0.984. The molecule has 0 aliphatic carbocycles. The molecule has 15 heteroatoms. The molecule has 0 saturated carbocycles. The summed E-state index contributed by atoms with van der Waals surface area (Å²) in [4.78, 5) is 51.1. The molecule has 2 unspecified atom stereocenters. The lowest BCUT2D eigenvalue weighted by atomic mass is 10.1. The number of amides is 1. The number of carboxylic acid groups (broad SMARTS) is 1. The van der Waals surface area contributed by atoms with Crippen LogP contribution in [-0.4, -0.2) is 117 Å². The molecule has 2 aliphatic rings. The normalized spacial score (nSPS) is 16.6. The Balaban J connectivity index is 0.00000107. The first-order valence-electron chi connectivity index (χ1n) is 14.7. The highest BCUT2D eigenvalue weighted by molar-refractivity contribution is 8.23. The monoisotopic (exact) mass is 677 g/mol. The molecule has 2 N–H and O–H groups in total. The van der Waals surface area contributed by atoms with Gasteiger partial charge in [-0.1, -0.05) is 36.1 Å². The van der Waals surface area contributed by atoms with Gasteiger partial charge in [-0.15, -0.1) is 0 Å². The summed E-state index contributed by atoms with van der Waals surface area (Å²) in [6.45, 7) is 6.06. The molecule has 2 heterocycles. The van der Waals surface area contributed by atoms with Crippen LogP contribution >= 0.6 is 24.0 Å². The lowest BCUT2D eigenvalue weighted by Crippen LogP contribution is -2.46. The van der Waals surface area contributed by atoms with Crippen molar-refractivity contribution in [1.82, 2.24) is 10.2 Å². The molecule has 0 radical (unpaired) electrons. The van der Waals surface area contributed by atoms with E-state index in [1.54, 1.807) is 33.2 Å². The summed E-state index contributed by atoms with van der Waals surface area (Å²) in [5.74, 6) is -1.36. The number of carbonyl (C=O) groups excluding carboxylic acids is 3. The quantitative estimate of drug-likeness (QED) is 0.238. The molecule has 0 aromatic heterocycles. The van der Waals surface area contributed by atoms with Crippen LogP contribution in [0.2, 0.25) is 0 Å². The number of likely N-dealkylation sites (N-methyl/N-ethyl adjacent to an activating group) is 2. The molecule has 2 atom stereocenters. The predicted molar refractivity (Wildman–Crippen MR) is 181 cm³/mol. The number of hydrogen-bond donors (Lipinski definition) is 2. The lowest BCUT2D eigenvalue weighted by Gasteiger charge is -2.37. The van der Waals surface area contributed by atoms with Gasteiger partial charge < -0.3 is 39.4 Å². The van der Waals surface area contributed by atoms with Gasteiger partial charge in [0.25, 0.3) is 6.47 Å². The first-order valence-corrected chi connectivity index (χ1v) is 16.0. The second-order valence-electron chi connectivity index (χ2n) is 10.5. The number of piperazine rings is 1. The number of aldehydes is 1. The molecule has 2 aliphatic heterocycles. The number of aliphatic carboxylic acids is 1. The van der Waals surface area contributed by atoms with Crippen molar-refractivity contribution in [2.45, 2.75) is 24.7 Å². The van der Waals surface area contributed by atoms with Crippen molar-refractivity contribution in [3.8, 4) is 0 Å². The molecule has 12 nitrogen and oxygen atoms in total. The van der Waals surface area contributed by atoms with Gasteiger partial charge in [-0.3, -0.25) is 14.5 Å². The Kier molecular flexibility index (Phi) is 14.5. The minimum Gasteiger partial charge on any atom is -0.480 e. The average molecular weight is 678 g/mol. The zero-order chi connectivity index (χ0) is 33.6. The second kappa shape index (κ2) is 18.3. The van der Waals surface area contributed by atoms with Crippen molar-refractivity contribution in [3.05, 3.63) is 53.8 Å². The number of carbonyl (C=O) groups is 4. The number of thioether (sulfide) groups is 1. The van der Waals surface area contributed by atoms with Crippen molar-refractivity contribution in [1.29, 1.82) is 0 Å². The summed E-state index contributed by atoms with van der Waals surface area (Å²) in [5, 5.41) is 11.5. The van der Waals surface area contributed by atoms with E-state index in [1.807, 2.05) is 29.2 Å². The van der Waals surface area contributed by atoms with E-state index < -0.39 is 17.3 Å². The third-order valence-electron chi connectivity index (χ3n) is 7.23. The van der Waals surface area contributed by atoms with Crippen LogP contribution in [0, 0.1) is 5.82 Å². The summed E-state index contributed by atoms with van der Waals surface area (Å²) in [6.07, 6.45) is 0.578. The second-order valence-corrected chi connectivity index (χ2v) is 12.4. The SMILES string of the molecule is CCOC=O.CNCC1CN(c2ccc(N3CCN(c4ccc(CC(C=O)SC(=S)N(C)CC(=O)O)cc4)CC3)c(F)c2)C(=O)O1. The average Bonchev–Trinajstić information content (AvgIpc) is 3.41. The Morgan fingerprint density at radius 2 is 1.83 bits per heavy atom. The number of nitrogens with zero attached hydrogens (tertiary/aromatic N) is 4. The largest absolute Gasteiger partial charge is 0.480 e. The van der Waals surface area contributed by atoms with Crippen molar-refractivity contribution in [2.24, 2.45) is 0 Å². The zero-order valence-electron chi connectivity index (χ0n) is 26.1. The number of thiocarbonyl (C=S) groups is 1. The van der Waals surface area contributed by atoms with Crippen molar-refractivity contribution < 1.29 is 38.1 Å². The van der Waals surface area contributed by atoms with E-state index >= 15 is 4.39 Å². The molecule has 2 aromatic carbocycles. The van der Waals surface area contributed by atoms with Gasteiger partial charge in [0.15, 0.2) is 0 Å². The Morgan fingerprint density at radius 1 is 1.17 bits per heavy atom. The maximum atomic E-state index is 15.1. The third kappa shape index (κ3) is 10.6. The summed E-state index contributed by atoms with van der Waals surface area (Å²) >= 11 is 6.45. The van der Waals surface area contributed by atoms with Crippen LogP contribution in [-0.2, 0) is 30.3 Å². The molecule has 4 rings (SSSR count). The first-order chi connectivity index (χ1) is 22.1. The number of carboxylic acids is 1. The molecule has 2 fully saturated rings. The Bertz CT molecular complexity index is 1350. The van der Waals surface area contributed by atoms with Crippen LogP contribution in [0.3, 0.4) is 0 Å². The molecular formula is C31H40FN5O7S2. The van der Waals surface area contributed by atoms with E-state index in [0.717, 1.165) is 17.5 Å². The fourth-order valence-electron chi connectivity index (χ4n) is 4.94. The maximum Gasteiger partial charge on any atom is 0.414 e. The van der Waals surface area contributed by atoms with Gasteiger partial charge in [0.2, 0.25) is 0 Å². The van der Waals surface area contributed by atoms with Crippen molar-refractivity contribution >= 4 is 70.2 Å². The molecule has 1 amide bonds. The molecule has 250 valence electrons. The topological polar surface area (TPSA) is 132 Å². The Hall–Kier alpha value is -3.95. The summed E-state index contributed by atoms with van der Waals surface area (Å²) in [6, 6.07) is 12.9. The molecule has 46 heavy (non-hydrogen) atoms. The summed E-state index contributed by atoms with van der Waals surface area (Å²) in [5.41, 5.74) is 3.01. The number of nitrogens with one attached hydrogen (secondary N) is 1. The van der Waals surface area contributed by atoms with Crippen LogP contribution in [0.1, 0.15) is 12.5 Å². The molecule has 0 bridgehead atoms. The fraction of sp³-hybridized carbons (Fsp3) is 0.452. The molecule has 2 saturated heterocycles. The number of halogens is 1. The molecular weight excluding hydrogens is 638 g/mol. The van der Waals surface area contributed by atoms with Gasteiger partial charge >= 0.3 is 12.1 Å². The van der Waals surface area contributed by atoms with Gasteiger partial charge in [-0.25, -0.2) is 9.18 Å². The fourth-order valence-corrected chi connectivity index (χ4v) is 6.21. The van der Waals surface area contributed by atoms with Crippen LogP contribution in [0.5, 0.6) is 0 Å². The number of cyclic esters (lactones) is 1. The van der Waals surface area contributed by atoms with Crippen LogP contribution < -0.4 is 20.0 Å². The van der Waals surface area contributed by atoms with Gasteiger partial charge in [0, 0.05) is 45.5 Å². The zero-order valence-corrected chi connectivity index (χ0v) is 27.7. The summed E-state index contributed by atoms with van der Waals surface area (Å²) in [7, 11) is 3.38. The van der Waals surface area contributed by atoms with Crippen LogP contribution in [0.25, 0.3) is 0 Å². The van der Waals surface area contributed by atoms with Gasteiger partial charge in [-0.05, 0) is 56.3 Å². The van der Waals surface area contributed by atoms with Gasteiger partial charge in [-0.2, -0.15) is 0 Å². The number of rotatable bonds is 13. The van der Waals surface area contributed by atoms with Gasteiger partial charge in [0.05, 0.1) is 29.8 Å². The Morgan fingerprint density at radius 3 is 2.37 bits per heavy atom. The van der Waals surface area contributed by atoms with E-state index in [1.165, 1.54) is 27.6 Å². The number of ether oxygens (including phenoxy) is 2. The summed E-state index contributed by atoms with van der Waals surface area (Å²) < 4.78 is 25.0. The highest BCUT2D eigenvalue weighted by atomic mass is 32.2. The molecule has 0 spiro atoms. The molecule has 2 aromatic rings. The minimum absolute atomic E-state index is 0.218. The highest BCUT2D eigenvalue weighted by Crippen LogP contribution is 2.29. The van der Waals surface area contributed by atoms with E-state index in [0.29, 0.717) is 74.5 Å². The maximum absolute atomic E-state index is 15.1. The van der Waals surface area contributed by atoms with Gasteiger partial charge in [0.1, 0.15) is 29.1 Å². The number of anilines is 3. The van der Waals surface area contributed by atoms with Crippen LogP contribution in [0.4, 0.5) is 26.2 Å². The van der Waals surface area contributed by atoms with E-state index in [-0.39, 0.29) is 18.5 Å². The first kappa shape index (κ1) is 36.5. The van der Waals surface area contributed by atoms with E-state index in [2.05, 4.69) is 15.0 Å². The Labute approximate surface area is 277 Å². The van der Waals surface area contributed by atoms with Crippen molar-refractivity contribution in [3.63, 3.8) is 0 Å².